The van der Waals surface area contributed by atoms with Gasteiger partial charge in [-0.3, -0.25) is 9.59 Å². The fraction of sp³-hybridized carbons (Fsp3) is 0.393. The van der Waals surface area contributed by atoms with Crippen molar-refractivity contribution in [3.05, 3.63) is 75.9 Å². The van der Waals surface area contributed by atoms with Gasteiger partial charge in [-0.25, -0.2) is 4.68 Å². The standard InChI is InChI=1S/C28H35ClN4O2/c1-7-8-15-32(27(35)21-10-12-22(29)13-11-21)18-26(34)30-25-17-24(28(4,5)6)31-33(25)23-14-9-19(2)16-20(23)3/h9-14,16-17H,7-8,15,18H2,1-6H3,(H,30,34). The molecule has 0 aliphatic carbocycles. The number of nitrogens with one attached hydrogen (secondary N) is 1. The molecule has 1 N–H and O–H groups in total. The molecule has 35 heavy (non-hydrogen) atoms. The van der Waals surface area contributed by atoms with E-state index < -0.39 is 0 Å². The molecule has 2 aromatic carbocycles. The summed E-state index contributed by atoms with van der Waals surface area (Å²) in [6, 6.07) is 14.8. The van der Waals surface area contributed by atoms with Crippen LogP contribution in [0.1, 0.15) is 67.7 Å². The van der Waals surface area contributed by atoms with Crippen molar-refractivity contribution in [1.29, 1.82) is 0 Å². The Morgan fingerprint density at radius 2 is 1.74 bits per heavy atom. The van der Waals surface area contributed by atoms with Crippen molar-refractivity contribution in [3.63, 3.8) is 0 Å². The molecule has 0 saturated carbocycles. The van der Waals surface area contributed by atoms with Gasteiger partial charge in [0.1, 0.15) is 12.4 Å². The van der Waals surface area contributed by atoms with Crippen molar-refractivity contribution in [3.8, 4) is 5.69 Å². The molecule has 0 unspecified atom stereocenters. The first-order valence-electron chi connectivity index (χ1n) is 12.0. The Bertz CT molecular complexity index is 1190. The van der Waals surface area contributed by atoms with E-state index in [2.05, 4.69) is 39.1 Å². The Morgan fingerprint density at radius 3 is 2.34 bits per heavy atom. The second kappa shape index (κ2) is 11.1. The van der Waals surface area contributed by atoms with Gasteiger partial charge in [-0.2, -0.15) is 5.10 Å². The average molecular weight is 495 g/mol. The van der Waals surface area contributed by atoms with E-state index in [1.807, 2.05) is 32.0 Å². The Balaban J connectivity index is 1.88. The highest BCUT2D eigenvalue weighted by molar-refractivity contribution is 6.30. The molecule has 0 bridgehead atoms. The molecule has 6 nitrogen and oxygen atoms in total. The fourth-order valence-corrected chi connectivity index (χ4v) is 3.92. The predicted molar refractivity (Wildman–Crippen MR) is 143 cm³/mol. The molecule has 0 fully saturated rings. The number of unbranched alkanes of at least 4 members (excludes halogenated alkanes) is 1. The summed E-state index contributed by atoms with van der Waals surface area (Å²) in [6.45, 7) is 12.8. The molecule has 2 amide bonds. The van der Waals surface area contributed by atoms with Gasteiger partial charge in [-0.05, 0) is 56.2 Å². The zero-order chi connectivity index (χ0) is 25.8. The molecule has 1 aromatic heterocycles. The molecule has 0 radical (unpaired) electrons. The van der Waals surface area contributed by atoms with Gasteiger partial charge in [0.15, 0.2) is 0 Å². The van der Waals surface area contributed by atoms with E-state index in [4.69, 9.17) is 16.7 Å². The lowest BCUT2D eigenvalue weighted by molar-refractivity contribution is -0.117. The van der Waals surface area contributed by atoms with Crippen LogP contribution in [0.2, 0.25) is 5.02 Å². The molecule has 3 aromatic rings. The van der Waals surface area contributed by atoms with E-state index in [0.717, 1.165) is 35.3 Å². The minimum Gasteiger partial charge on any atom is -0.329 e. The van der Waals surface area contributed by atoms with Crippen LogP contribution in [-0.4, -0.2) is 39.6 Å². The molecule has 1 heterocycles. The van der Waals surface area contributed by atoms with Crippen LogP contribution in [0, 0.1) is 13.8 Å². The fourth-order valence-electron chi connectivity index (χ4n) is 3.80. The molecular formula is C28H35ClN4O2. The average Bonchev–Trinajstić information content (AvgIpc) is 3.20. The van der Waals surface area contributed by atoms with Crippen molar-refractivity contribution < 1.29 is 9.59 Å². The maximum atomic E-state index is 13.2. The highest BCUT2D eigenvalue weighted by Gasteiger charge is 2.24. The Hall–Kier alpha value is -3.12. The van der Waals surface area contributed by atoms with Crippen molar-refractivity contribution in [1.82, 2.24) is 14.7 Å². The number of carbonyl (C=O) groups excluding carboxylic acids is 2. The first-order valence-corrected chi connectivity index (χ1v) is 12.4. The number of amides is 2. The number of nitrogens with zero attached hydrogens (tertiary/aromatic N) is 3. The number of anilines is 1. The number of benzene rings is 2. The van der Waals surface area contributed by atoms with Crippen LogP contribution in [0.4, 0.5) is 5.82 Å². The maximum absolute atomic E-state index is 13.2. The first kappa shape index (κ1) is 26.5. The van der Waals surface area contributed by atoms with E-state index in [-0.39, 0.29) is 23.8 Å². The molecule has 3 rings (SSSR count). The second-order valence-corrected chi connectivity index (χ2v) is 10.4. The smallest absolute Gasteiger partial charge is 0.254 e. The van der Waals surface area contributed by atoms with Crippen molar-refractivity contribution >= 4 is 29.2 Å². The lowest BCUT2D eigenvalue weighted by atomic mass is 9.92. The third kappa shape index (κ3) is 6.73. The molecular weight excluding hydrogens is 460 g/mol. The van der Waals surface area contributed by atoms with Gasteiger partial charge < -0.3 is 10.2 Å². The number of hydrogen-bond donors (Lipinski definition) is 1. The van der Waals surface area contributed by atoms with Crippen molar-refractivity contribution in [2.75, 3.05) is 18.4 Å². The SMILES string of the molecule is CCCCN(CC(=O)Nc1cc(C(C)(C)C)nn1-c1ccc(C)cc1C)C(=O)c1ccc(Cl)cc1. The van der Waals surface area contributed by atoms with Gasteiger partial charge in [-0.15, -0.1) is 0 Å². The predicted octanol–water partition coefficient (Wildman–Crippen LogP) is 6.32. The Morgan fingerprint density at radius 1 is 1.06 bits per heavy atom. The van der Waals surface area contributed by atoms with Gasteiger partial charge in [0.2, 0.25) is 5.91 Å². The summed E-state index contributed by atoms with van der Waals surface area (Å²) < 4.78 is 1.78. The minimum absolute atomic E-state index is 0.0512. The quantitative estimate of drug-likeness (QED) is 0.398. The highest BCUT2D eigenvalue weighted by atomic mass is 35.5. The summed E-state index contributed by atoms with van der Waals surface area (Å²) in [4.78, 5) is 27.9. The van der Waals surface area contributed by atoms with E-state index in [1.54, 1.807) is 33.8 Å². The first-order chi connectivity index (χ1) is 16.5. The summed E-state index contributed by atoms with van der Waals surface area (Å²) in [7, 11) is 0. The third-order valence-corrected chi connectivity index (χ3v) is 6.07. The number of hydrogen-bond acceptors (Lipinski definition) is 3. The molecule has 186 valence electrons. The summed E-state index contributed by atoms with van der Waals surface area (Å²) in [5.41, 5.74) is 4.31. The van der Waals surface area contributed by atoms with E-state index in [1.165, 1.54) is 0 Å². The molecule has 0 aliphatic rings. The van der Waals surface area contributed by atoms with Gasteiger partial charge in [0.25, 0.3) is 5.91 Å². The molecule has 7 heteroatoms. The zero-order valence-electron chi connectivity index (χ0n) is 21.5. The number of aryl methyl sites for hydroxylation is 2. The highest BCUT2D eigenvalue weighted by Crippen LogP contribution is 2.28. The lowest BCUT2D eigenvalue weighted by Gasteiger charge is -2.22. The number of aromatic nitrogens is 2. The Labute approximate surface area is 213 Å². The summed E-state index contributed by atoms with van der Waals surface area (Å²) in [5.74, 6) is 0.125. The minimum atomic E-state index is -0.269. The van der Waals surface area contributed by atoms with E-state index >= 15 is 0 Å². The van der Waals surface area contributed by atoms with Crippen LogP contribution >= 0.6 is 11.6 Å². The van der Waals surface area contributed by atoms with Crippen molar-refractivity contribution in [2.45, 2.75) is 59.8 Å². The van der Waals surface area contributed by atoms with Crippen LogP contribution in [0.25, 0.3) is 5.69 Å². The normalized spacial score (nSPS) is 11.4. The summed E-state index contributed by atoms with van der Waals surface area (Å²) in [5, 5.41) is 8.40. The van der Waals surface area contributed by atoms with Gasteiger partial charge in [-0.1, -0.05) is 63.4 Å². The van der Waals surface area contributed by atoms with Crippen LogP contribution in [-0.2, 0) is 10.2 Å². The maximum Gasteiger partial charge on any atom is 0.254 e. The van der Waals surface area contributed by atoms with E-state index in [9.17, 15) is 9.59 Å². The zero-order valence-corrected chi connectivity index (χ0v) is 22.2. The van der Waals surface area contributed by atoms with Gasteiger partial charge in [0.05, 0.1) is 11.4 Å². The largest absolute Gasteiger partial charge is 0.329 e. The van der Waals surface area contributed by atoms with Crippen LogP contribution < -0.4 is 5.32 Å². The van der Waals surface area contributed by atoms with Crippen LogP contribution in [0.15, 0.2) is 48.5 Å². The molecule has 0 aliphatic heterocycles. The third-order valence-electron chi connectivity index (χ3n) is 5.82. The lowest BCUT2D eigenvalue weighted by Crippen LogP contribution is -2.39. The topological polar surface area (TPSA) is 67.2 Å². The van der Waals surface area contributed by atoms with E-state index in [0.29, 0.717) is 22.9 Å². The summed E-state index contributed by atoms with van der Waals surface area (Å²) in [6.07, 6.45) is 1.72. The monoisotopic (exact) mass is 494 g/mol. The molecule has 0 atom stereocenters. The molecule has 0 spiro atoms. The summed E-state index contributed by atoms with van der Waals surface area (Å²) >= 11 is 5.98. The van der Waals surface area contributed by atoms with Gasteiger partial charge >= 0.3 is 0 Å². The number of rotatable bonds is 8. The Kier molecular flexibility index (Phi) is 8.39. The van der Waals surface area contributed by atoms with Crippen molar-refractivity contribution in [2.24, 2.45) is 0 Å². The van der Waals surface area contributed by atoms with Crippen LogP contribution in [0.5, 0.6) is 0 Å². The van der Waals surface area contributed by atoms with Gasteiger partial charge in [0, 0.05) is 28.6 Å². The number of carbonyl (C=O) groups is 2. The van der Waals surface area contributed by atoms with Crippen LogP contribution in [0.3, 0.4) is 0 Å². The molecule has 0 saturated heterocycles. The second-order valence-electron chi connectivity index (χ2n) is 10.0. The number of halogens is 1.